The average molecular weight is 304 g/mol. The van der Waals surface area contributed by atoms with E-state index in [1.54, 1.807) is 7.05 Å². The van der Waals surface area contributed by atoms with Gasteiger partial charge in [0, 0.05) is 27.2 Å². The van der Waals surface area contributed by atoms with Crippen LogP contribution in [0, 0.1) is 0 Å². The SMILES string of the molecule is CN=C(NC)NCCc1ccc(OCCN2CCCC2)cc1. The molecule has 0 atom stereocenters. The van der Waals surface area contributed by atoms with Crippen molar-refractivity contribution in [3.05, 3.63) is 29.8 Å². The molecule has 1 fully saturated rings. The third-order valence-corrected chi connectivity index (χ3v) is 3.96. The highest BCUT2D eigenvalue weighted by Gasteiger charge is 2.10. The molecule has 5 nitrogen and oxygen atoms in total. The van der Waals surface area contributed by atoms with Crippen LogP contribution in [-0.2, 0) is 6.42 Å². The normalized spacial score (nSPS) is 15.8. The van der Waals surface area contributed by atoms with Crippen molar-refractivity contribution in [1.29, 1.82) is 0 Å². The zero-order chi connectivity index (χ0) is 15.6. The second-order valence-electron chi connectivity index (χ2n) is 5.54. The summed E-state index contributed by atoms with van der Waals surface area (Å²) in [5.41, 5.74) is 1.30. The number of guanidine groups is 1. The van der Waals surface area contributed by atoms with E-state index in [0.717, 1.165) is 37.8 Å². The topological polar surface area (TPSA) is 48.9 Å². The molecule has 2 N–H and O–H groups in total. The van der Waals surface area contributed by atoms with Gasteiger partial charge in [-0.25, -0.2) is 0 Å². The van der Waals surface area contributed by atoms with Crippen molar-refractivity contribution in [2.24, 2.45) is 4.99 Å². The molecular weight excluding hydrogens is 276 g/mol. The van der Waals surface area contributed by atoms with E-state index in [2.05, 4.69) is 44.8 Å². The molecule has 5 heteroatoms. The van der Waals surface area contributed by atoms with Gasteiger partial charge in [0.15, 0.2) is 5.96 Å². The molecule has 1 aromatic carbocycles. The van der Waals surface area contributed by atoms with Crippen molar-refractivity contribution in [3.8, 4) is 5.75 Å². The summed E-state index contributed by atoms with van der Waals surface area (Å²) in [5, 5.41) is 6.26. The predicted octanol–water partition coefficient (Wildman–Crippen LogP) is 1.50. The van der Waals surface area contributed by atoms with Gasteiger partial charge in [-0.2, -0.15) is 0 Å². The van der Waals surface area contributed by atoms with Crippen LogP contribution in [0.4, 0.5) is 0 Å². The molecule has 2 rings (SSSR count). The molecule has 22 heavy (non-hydrogen) atoms. The van der Waals surface area contributed by atoms with Crippen LogP contribution in [0.5, 0.6) is 5.75 Å². The molecule has 122 valence electrons. The number of nitrogens with one attached hydrogen (secondary N) is 2. The van der Waals surface area contributed by atoms with Gasteiger partial charge in [-0.1, -0.05) is 12.1 Å². The van der Waals surface area contributed by atoms with Crippen molar-refractivity contribution in [2.45, 2.75) is 19.3 Å². The number of benzene rings is 1. The lowest BCUT2D eigenvalue weighted by atomic mass is 10.1. The Kier molecular flexibility index (Phi) is 7.03. The van der Waals surface area contributed by atoms with Crippen molar-refractivity contribution in [1.82, 2.24) is 15.5 Å². The number of hydrogen-bond acceptors (Lipinski definition) is 3. The zero-order valence-electron chi connectivity index (χ0n) is 13.8. The van der Waals surface area contributed by atoms with Gasteiger partial charge >= 0.3 is 0 Å². The molecular formula is C17H28N4O. The summed E-state index contributed by atoms with van der Waals surface area (Å²) < 4.78 is 5.81. The van der Waals surface area contributed by atoms with Crippen molar-refractivity contribution in [2.75, 3.05) is 46.9 Å². The molecule has 0 aromatic heterocycles. The van der Waals surface area contributed by atoms with Crippen LogP contribution in [0.3, 0.4) is 0 Å². The molecule has 0 amide bonds. The van der Waals surface area contributed by atoms with E-state index >= 15 is 0 Å². The van der Waals surface area contributed by atoms with E-state index in [9.17, 15) is 0 Å². The average Bonchev–Trinajstić information content (AvgIpc) is 3.06. The van der Waals surface area contributed by atoms with E-state index in [-0.39, 0.29) is 0 Å². The van der Waals surface area contributed by atoms with Crippen molar-refractivity contribution in [3.63, 3.8) is 0 Å². The molecule has 0 unspecified atom stereocenters. The maximum Gasteiger partial charge on any atom is 0.190 e. The van der Waals surface area contributed by atoms with E-state index in [0.29, 0.717) is 0 Å². The monoisotopic (exact) mass is 304 g/mol. The molecule has 1 aromatic rings. The molecule has 0 radical (unpaired) electrons. The highest BCUT2D eigenvalue weighted by Crippen LogP contribution is 2.13. The van der Waals surface area contributed by atoms with Gasteiger partial charge in [0.05, 0.1) is 0 Å². The number of aliphatic imine (C=N–C) groups is 1. The smallest absolute Gasteiger partial charge is 0.190 e. The highest BCUT2D eigenvalue weighted by molar-refractivity contribution is 5.79. The van der Waals surface area contributed by atoms with Crippen LogP contribution in [-0.4, -0.2) is 57.7 Å². The lowest BCUT2D eigenvalue weighted by molar-refractivity contribution is 0.238. The molecule has 0 bridgehead atoms. The maximum atomic E-state index is 5.81. The summed E-state index contributed by atoms with van der Waals surface area (Å²) in [6, 6.07) is 8.39. The molecule has 1 saturated heterocycles. The minimum atomic E-state index is 0.777. The Balaban J connectivity index is 1.66. The number of ether oxygens (including phenoxy) is 1. The van der Waals surface area contributed by atoms with Gasteiger partial charge in [0.1, 0.15) is 12.4 Å². The van der Waals surface area contributed by atoms with Crippen LogP contribution in [0.25, 0.3) is 0 Å². The van der Waals surface area contributed by atoms with Gasteiger partial charge < -0.3 is 15.4 Å². The Bertz CT molecular complexity index is 452. The van der Waals surface area contributed by atoms with Crippen LogP contribution < -0.4 is 15.4 Å². The van der Waals surface area contributed by atoms with Crippen molar-refractivity contribution < 1.29 is 4.74 Å². The number of hydrogen-bond donors (Lipinski definition) is 2. The Morgan fingerprint density at radius 1 is 1.23 bits per heavy atom. The second-order valence-corrected chi connectivity index (χ2v) is 5.54. The summed E-state index contributed by atoms with van der Waals surface area (Å²) in [4.78, 5) is 6.56. The summed E-state index contributed by atoms with van der Waals surface area (Å²) >= 11 is 0. The largest absolute Gasteiger partial charge is 0.492 e. The Labute approximate surface area is 133 Å². The Morgan fingerprint density at radius 2 is 1.95 bits per heavy atom. The molecule has 0 aliphatic carbocycles. The summed E-state index contributed by atoms with van der Waals surface area (Å²) in [7, 11) is 3.64. The highest BCUT2D eigenvalue weighted by atomic mass is 16.5. The maximum absolute atomic E-state index is 5.81. The first kappa shape index (κ1) is 16.6. The quantitative estimate of drug-likeness (QED) is 0.592. The molecule has 0 spiro atoms. The van der Waals surface area contributed by atoms with Gasteiger partial charge in [-0.15, -0.1) is 0 Å². The van der Waals surface area contributed by atoms with E-state index < -0.39 is 0 Å². The van der Waals surface area contributed by atoms with Crippen LogP contribution in [0.2, 0.25) is 0 Å². The van der Waals surface area contributed by atoms with Crippen LogP contribution >= 0.6 is 0 Å². The lowest BCUT2D eigenvalue weighted by Gasteiger charge is -2.15. The fourth-order valence-electron chi connectivity index (χ4n) is 2.66. The first-order valence-electron chi connectivity index (χ1n) is 8.14. The Hall–Kier alpha value is -1.75. The lowest BCUT2D eigenvalue weighted by Crippen LogP contribution is -2.35. The fraction of sp³-hybridized carbons (Fsp3) is 0.588. The van der Waals surface area contributed by atoms with E-state index in [4.69, 9.17) is 4.74 Å². The predicted molar refractivity (Wildman–Crippen MR) is 91.7 cm³/mol. The summed E-state index contributed by atoms with van der Waals surface area (Å²) in [6.07, 6.45) is 3.64. The minimum absolute atomic E-state index is 0.777. The zero-order valence-corrected chi connectivity index (χ0v) is 13.8. The Morgan fingerprint density at radius 3 is 2.59 bits per heavy atom. The van der Waals surface area contributed by atoms with Gasteiger partial charge in [-0.05, 0) is 50.0 Å². The van der Waals surface area contributed by atoms with Crippen LogP contribution in [0.15, 0.2) is 29.3 Å². The first-order valence-corrected chi connectivity index (χ1v) is 8.14. The van der Waals surface area contributed by atoms with Crippen molar-refractivity contribution >= 4 is 5.96 Å². The molecule has 1 aliphatic rings. The summed E-state index contributed by atoms with van der Waals surface area (Å²) in [6.45, 7) is 5.13. The second kappa shape index (κ2) is 9.30. The molecule has 1 heterocycles. The van der Waals surface area contributed by atoms with E-state index in [1.165, 1.54) is 31.5 Å². The molecule has 1 aliphatic heterocycles. The minimum Gasteiger partial charge on any atom is -0.492 e. The molecule has 0 saturated carbocycles. The third-order valence-electron chi connectivity index (χ3n) is 3.96. The van der Waals surface area contributed by atoms with Gasteiger partial charge in [-0.3, -0.25) is 9.89 Å². The standard InChI is InChI=1S/C17H28N4O/c1-18-17(19-2)20-10-9-15-5-7-16(8-6-15)22-14-13-21-11-3-4-12-21/h5-8H,3-4,9-14H2,1-2H3,(H2,18,19,20). The van der Waals surface area contributed by atoms with E-state index in [1.807, 2.05) is 7.05 Å². The van der Waals surface area contributed by atoms with Crippen LogP contribution in [0.1, 0.15) is 18.4 Å². The first-order chi connectivity index (χ1) is 10.8. The van der Waals surface area contributed by atoms with Gasteiger partial charge in [0.2, 0.25) is 0 Å². The van der Waals surface area contributed by atoms with Gasteiger partial charge in [0.25, 0.3) is 0 Å². The fourth-order valence-corrected chi connectivity index (χ4v) is 2.66. The number of likely N-dealkylation sites (tertiary alicyclic amines) is 1. The third kappa shape index (κ3) is 5.56. The number of rotatable bonds is 7. The number of nitrogens with zero attached hydrogens (tertiary/aromatic N) is 2. The summed E-state index contributed by atoms with van der Waals surface area (Å²) in [5.74, 6) is 1.78.